The van der Waals surface area contributed by atoms with Crippen LogP contribution < -0.4 is 5.73 Å². The number of sulfonamides is 1. The molecule has 2 rings (SSSR count). The number of benzene rings is 1. The summed E-state index contributed by atoms with van der Waals surface area (Å²) in [5.41, 5.74) is 6.72. The Labute approximate surface area is 127 Å². The molecule has 0 saturated carbocycles. The topological polar surface area (TPSA) is 72.6 Å². The lowest BCUT2D eigenvalue weighted by molar-refractivity contribution is 0.0975. The van der Waals surface area contributed by atoms with E-state index in [2.05, 4.69) is 0 Å². The zero-order chi connectivity index (χ0) is 15.1. The summed E-state index contributed by atoms with van der Waals surface area (Å²) in [6.45, 7) is 2.13. The molecular formula is C15H24N2O3S. The normalized spacial score (nSPS) is 19.8. The van der Waals surface area contributed by atoms with Crippen LogP contribution in [0.3, 0.4) is 0 Å². The van der Waals surface area contributed by atoms with E-state index in [1.54, 1.807) is 0 Å². The standard InChI is InChI=1S/C15H24N2O3S/c16-9-11-17(10-8-14-5-2-1-3-6-14)21(18,19)15-7-4-12-20-13-15/h1-3,5-6,15H,4,7-13,16H2. The lowest BCUT2D eigenvalue weighted by Gasteiger charge is -2.29. The van der Waals surface area contributed by atoms with E-state index in [0.717, 1.165) is 12.0 Å². The van der Waals surface area contributed by atoms with Crippen molar-refractivity contribution in [2.24, 2.45) is 5.73 Å². The molecule has 1 aliphatic rings. The minimum atomic E-state index is -3.33. The van der Waals surface area contributed by atoms with Gasteiger partial charge in [0, 0.05) is 26.2 Å². The number of ether oxygens (including phenoxy) is 1. The molecule has 21 heavy (non-hydrogen) atoms. The van der Waals surface area contributed by atoms with Gasteiger partial charge in [-0.25, -0.2) is 12.7 Å². The van der Waals surface area contributed by atoms with Crippen LogP contribution in [-0.4, -0.2) is 50.8 Å². The van der Waals surface area contributed by atoms with Crippen LogP contribution in [0.2, 0.25) is 0 Å². The first kappa shape index (κ1) is 16.4. The molecule has 0 bridgehead atoms. The van der Waals surface area contributed by atoms with Gasteiger partial charge in [-0.3, -0.25) is 0 Å². The molecule has 1 heterocycles. The van der Waals surface area contributed by atoms with Gasteiger partial charge >= 0.3 is 0 Å². The minimum absolute atomic E-state index is 0.300. The molecule has 1 unspecified atom stereocenters. The molecule has 0 amide bonds. The lowest BCUT2D eigenvalue weighted by Crippen LogP contribution is -2.45. The van der Waals surface area contributed by atoms with E-state index in [1.165, 1.54) is 4.31 Å². The Morgan fingerprint density at radius 3 is 2.62 bits per heavy atom. The van der Waals surface area contributed by atoms with Gasteiger partial charge in [-0.05, 0) is 24.8 Å². The first-order valence-corrected chi connectivity index (χ1v) is 8.95. The van der Waals surface area contributed by atoms with E-state index in [-0.39, 0.29) is 0 Å². The summed E-state index contributed by atoms with van der Waals surface area (Å²) in [6.07, 6.45) is 2.18. The van der Waals surface area contributed by atoms with Crippen molar-refractivity contribution in [2.45, 2.75) is 24.5 Å². The summed E-state index contributed by atoms with van der Waals surface area (Å²) in [5.74, 6) is 0. The summed E-state index contributed by atoms with van der Waals surface area (Å²) in [6, 6.07) is 9.91. The van der Waals surface area contributed by atoms with E-state index < -0.39 is 15.3 Å². The molecule has 0 spiro atoms. The minimum Gasteiger partial charge on any atom is -0.380 e. The van der Waals surface area contributed by atoms with Crippen LogP contribution in [0.4, 0.5) is 0 Å². The van der Waals surface area contributed by atoms with Crippen molar-refractivity contribution in [2.75, 3.05) is 32.8 Å². The highest BCUT2D eigenvalue weighted by Gasteiger charge is 2.32. The molecule has 0 radical (unpaired) electrons. The highest BCUT2D eigenvalue weighted by molar-refractivity contribution is 7.89. The second kappa shape index (κ2) is 7.89. The SMILES string of the molecule is NCCN(CCc1ccccc1)S(=O)(=O)C1CCCOC1. The van der Waals surface area contributed by atoms with Crippen molar-refractivity contribution in [1.82, 2.24) is 4.31 Å². The van der Waals surface area contributed by atoms with Gasteiger partial charge in [-0.2, -0.15) is 0 Å². The highest BCUT2D eigenvalue weighted by Crippen LogP contribution is 2.19. The molecule has 1 saturated heterocycles. The van der Waals surface area contributed by atoms with Crippen LogP contribution >= 0.6 is 0 Å². The first-order valence-electron chi connectivity index (χ1n) is 7.45. The zero-order valence-corrected chi connectivity index (χ0v) is 13.1. The molecule has 118 valence electrons. The molecular weight excluding hydrogens is 288 g/mol. The van der Waals surface area contributed by atoms with E-state index in [1.807, 2.05) is 30.3 Å². The maximum atomic E-state index is 12.7. The summed E-state index contributed by atoms with van der Waals surface area (Å²) >= 11 is 0. The van der Waals surface area contributed by atoms with Crippen LogP contribution in [0, 0.1) is 0 Å². The van der Waals surface area contributed by atoms with Gasteiger partial charge in [0.15, 0.2) is 0 Å². The predicted octanol–water partition coefficient (Wildman–Crippen LogP) is 0.999. The Morgan fingerprint density at radius 2 is 2.00 bits per heavy atom. The van der Waals surface area contributed by atoms with E-state index in [9.17, 15) is 8.42 Å². The maximum absolute atomic E-state index is 12.7. The average molecular weight is 312 g/mol. The zero-order valence-electron chi connectivity index (χ0n) is 12.3. The van der Waals surface area contributed by atoms with Gasteiger partial charge < -0.3 is 10.5 Å². The van der Waals surface area contributed by atoms with Crippen molar-refractivity contribution in [3.63, 3.8) is 0 Å². The van der Waals surface area contributed by atoms with Crippen LogP contribution in [0.1, 0.15) is 18.4 Å². The van der Waals surface area contributed by atoms with Crippen LogP contribution in [-0.2, 0) is 21.2 Å². The van der Waals surface area contributed by atoms with Gasteiger partial charge in [-0.15, -0.1) is 0 Å². The Kier molecular flexibility index (Phi) is 6.17. The second-order valence-corrected chi connectivity index (χ2v) is 7.52. The molecule has 1 aliphatic heterocycles. The summed E-state index contributed by atoms with van der Waals surface area (Å²) < 4.78 is 32.2. The molecule has 1 atom stereocenters. The van der Waals surface area contributed by atoms with Crippen LogP contribution in [0.25, 0.3) is 0 Å². The van der Waals surface area contributed by atoms with Crippen molar-refractivity contribution >= 4 is 10.0 Å². The van der Waals surface area contributed by atoms with E-state index in [0.29, 0.717) is 45.7 Å². The third-order valence-electron chi connectivity index (χ3n) is 3.77. The predicted molar refractivity (Wildman–Crippen MR) is 83.5 cm³/mol. The van der Waals surface area contributed by atoms with Crippen molar-refractivity contribution in [1.29, 1.82) is 0 Å². The van der Waals surface area contributed by atoms with Crippen LogP contribution in [0.5, 0.6) is 0 Å². The fraction of sp³-hybridized carbons (Fsp3) is 0.600. The van der Waals surface area contributed by atoms with Gasteiger partial charge in [0.1, 0.15) is 0 Å². The van der Waals surface area contributed by atoms with Gasteiger partial charge in [0.05, 0.1) is 11.9 Å². The summed E-state index contributed by atoms with van der Waals surface area (Å²) in [4.78, 5) is 0. The Balaban J connectivity index is 2.03. The second-order valence-electron chi connectivity index (χ2n) is 5.31. The van der Waals surface area contributed by atoms with E-state index >= 15 is 0 Å². The maximum Gasteiger partial charge on any atom is 0.219 e. The summed E-state index contributed by atoms with van der Waals surface area (Å²) in [7, 11) is -3.33. The number of nitrogens with two attached hydrogens (primary N) is 1. The molecule has 1 aromatic rings. The lowest BCUT2D eigenvalue weighted by atomic mass is 10.1. The number of nitrogens with zero attached hydrogens (tertiary/aromatic N) is 1. The molecule has 0 aromatic heterocycles. The fourth-order valence-electron chi connectivity index (χ4n) is 2.57. The Bertz CT molecular complexity index is 513. The molecule has 1 aromatic carbocycles. The fourth-order valence-corrected chi connectivity index (χ4v) is 4.43. The average Bonchev–Trinajstić information content (AvgIpc) is 2.53. The van der Waals surface area contributed by atoms with Crippen molar-refractivity contribution in [3.8, 4) is 0 Å². The number of hydrogen-bond acceptors (Lipinski definition) is 4. The molecule has 6 heteroatoms. The molecule has 2 N–H and O–H groups in total. The first-order chi connectivity index (χ1) is 10.1. The van der Waals surface area contributed by atoms with Gasteiger partial charge in [0.25, 0.3) is 0 Å². The molecule has 0 aliphatic carbocycles. The molecule has 5 nitrogen and oxygen atoms in total. The van der Waals surface area contributed by atoms with Gasteiger partial charge in [-0.1, -0.05) is 30.3 Å². The summed E-state index contributed by atoms with van der Waals surface area (Å²) in [5, 5.41) is -0.423. The van der Waals surface area contributed by atoms with Crippen molar-refractivity contribution in [3.05, 3.63) is 35.9 Å². The smallest absolute Gasteiger partial charge is 0.219 e. The molecule has 1 fully saturated rings. The Hall–Kier alpha value is -0.950. The largest absolute Gasteiger partial charge is 0.380 e. The third kappa shape index (κ3) is 4.51. The quantitative estimate of drug-likeness (QED) is 0.815. The van der Waals surface area contributed by atoms with Gasteiger partial charge in [0.2, 0.25) is 10.0 Å². The van der Waals surface area contributed by atoms with Crippen molar-refractivity contribution < 1.29 is 13.2 Å². The Morgan fingerprint density at radius 1 is 1.24 bits per heavy atom. The van der Waals surface area contributed by atoms with Crippen LogP contribution in [0.15, 0.2) is 30.3 Å². The number of hydrogen-bond donors (Lipinski definition) is 1. The van der Waals surface area contributed by atoms with E-state index in [4.69, 9.17) is 10.5 Å². The monoisotopic (exact) mass is 312 g/mol. The number of rotatable bonds is 7. The third-order valence-corrected chi connectivity index (χ3v) is 6.07. The highest BCUT2D eigenvalue weighted by atomic mass is 32.2.